The van der Waals surface area contributed by atoms with Gasteiger partial charge >= 0.3 is 6.18 Å². The van der Waals surface area contributed by atoms with Crippen LogP contribution in [0, 0.1) is 0 Å². The van der Waals surface area contributed by atoms with Crippen molar-refractivity contribution in [1.82, 2.24) is 9.97 Å². The Morgan fingerprint density at radius 2 is 1.83 bits per heavy atom. The van der Waals surface area contributed by atoms with Crippen molar-refractivity contribution in [2.45, 2.75) is 12.6 Å². The van der Waals surface area contributed by atoms with Gasteiger partial charge in [-0.3, -0.25) is 0 Å². The molecule has 0 saturated carbocycles. The lowest BCUT2D eigenvalue weighted by Crippen LogP contribution is -2.09. The molecule has 1 aromatic heterocycles. The molecule has 0 spiro atoms. The average Bonchev–Trinajstić information content (AvgIpc) is 2.28. The van der Waals surface area contributed by atoms with E-state index in [1.807, 2.05) is 0 Å². The van der Waals surface area contributed by atoms with Crippen LogP contribution < -0.4 is 0 Å². The van der Waals surface area contributed by atoms with Gasteiger partial charge in [-0.15, -0.1) is 0 Å². The summed E-state index contributed by atoms with van der Waals surface area (Å²) in [7, 11) is 0. The lowest BCUT2D eigenvalue weighted by molar-refractivity contribution is -0.138. The smallest absolute Gasteiger partial charge is 0.231 e. The molecular formula is C12H8BrF3N2. The molecule has 0 amide bonds. The van der Waals surface area contributed by atoms with Crippen LogP contribution in [-0.2, 0) is 12.6 Å². The van der Waals surface area contributed by atoms with Crippen LogP contribution in [0.15, 0.2) is 41.3 Å². The van der Waals surface area contributed by atoms with E-state index in [-0.39, 0.29) is 12.0 Å². The zero-order chi connectivity index (χ0) is 13.2. The highest BCUT2D eigenvalue weighted by Crippen LogP contribution is 2.32. The van der Waals surface area contributed by atoms with Crippen molar-refractivity contribution >= 4 is 15.9 Å². The van der Waals surface area contributed by atoms with Gasteiger partial charge in [-0.2, -0.15) is 13.2 Å². The minimum absolute atomic E-state index is 0.122. The van der Waals surface area contributed by atoms with Crippen molar-refractivity contribution in [3.8, 4) is 0 Å². The molecule has 0 unspecified atom stereocenters. The number of nitrogens with zero attached hydrogens (tertiary/aromatic N) is 2. The molecule has 1 aromatic carbocycles. The van der Waals surface area contributed by atoms with Gasteiger partial charge in [0, 0.05) is 18.3 Å². The summed E-state index contributed by atoms with van der Waals surface area (Å²) in [6.45, 7) is 0. The molecule has 94 valence electrons. The third-order valence-electron chi connectivity index (χ3n) is 2.38. The van der Waals surface area contributed by atoms with Crippen molar-refractivity contribution in [1.29, 1.82) is 0 Å². The first-order chi connectivity index (χ1) is 8.47. The predicted octanol–water partition coefficient (Wildman–Crippen LogP) is 3.85. The highest BCUT2D eigenvalue weighted by molar-refractivity contribution is 9.10. The van der Waals surface area contributed by atoms with Crippen LogP contribution in [0.25, 0.3) is 0 Å². The van der Waals surface area contributed by atoms with Gasteiger partial charge in [-0.25, -0.2) is 9.97 Å². The maximum Gasteiger partial charge on any atom is 0.416 e. The van der Waals surface area contributed by atoms with E-state index in [0.717, 1.165) is 6.07 Å². The van der Waals surface area contributed by atoms with E-state index < -0.39 is 11.7 Å². The fourth-order valence-electron chi connectivity index (χ4n) is 1.61. The summed E-state index contributed by atoms with van der Waals surface area (Å²) in [6.07, 6.45) is -2.72. The summed E-state index contributed by atoms with van der Waals surface area (Å²) >= 11 is 3.09. The van der Waals surface area contributed by atoms with E-state index in [2.05, 4.69) is 25.9 Å². The lowest BCUT2D eigenvalue weighted by Gasteiger charge is -2.12. The number of aromatic nitrogens is 2. The van der Waals surface area contributed by atoms with Crippen molar-refractivity contribution in [3.63, 3.8) is 0 Å². The lowest BCUT2D eigenvalue weighted by atomic mass is 10.0. The molecule has 1 heterocycles. The van der Waals surface area contributed by atoms with Crippen molar-refractivity contribution < 1.29 is 13.2 Å². The molecule has 0 aliphatic heterocycles. The third-order valence-corrected chi connectivity index (χ3v) is 2.76. The van der Waals surface area contributed by atoms with Gasteiger partial charge in [0.25, 0.3) is 0 Å². The molecule has 0 saturated heterocycles. The Kier molecular flexibility index (Phi) is 3.65. The second-order valence-electron chi connectivity index (χ2n) is 3.65. The van der Waals surface area contributed by atoms with Gasteiger partial charge in [0.15, 0.2) is 4.73 Å². The van der Waals surface area contributed by atoms with E-state index in [9.17, 15) is 13.2 Å². The molecule has 2 nitrogen and oxygen atoms in total. The van der Waals surface area contributed by atoms with Gasteiger partial charge in [0.1, 0.15) is 0 Å². The zero-order valence-corrected chi connectivity index (χ0v) is 10.7. The first kappa shape index (κ1) is 13.0. The first-order valence-electron chi connectivity index (χ1n) is 5.09. The maximum atomic E-state index is 12.8. The summed E-state index contributed by atoms with van der Waals surface area (Å²) in [5, 5.41) is 0. The van der Waals surface area contributed by atoms with Crippen molar-refractivity contribution in [2.24, 2.45) is 0 Å². The van der Waals surface area contributed by atoms with Crippen LogP contribution in [0.3, 0.4) is 0 Å². The second kappa shape index (κ2) is 5.06. The van der Waals surface area contributed by atoms with Crippen LogP contribution in [0.5, 0.6) is 0 Å². The standard InChI is InChI=1S/C12H8BrF3N2/c13-11-17-6-5-9(18-11)7-8-3-1-2-4-10(8)12(14,15)16/h1-6H,7H2. The summed E-state index contributed by atoms with van der Waals surface area (Å²) in [6, 6.07) is 7.09. The molecule has 0 bridgehead atoms. The van der Waals surface area contributed by atoms with E-state index in [1.165, 1.54) is 18.3 Å². The van der Waals surface area contributed by atoms with E-state index in [1.54, 1.807) is 12.1 Å². The van der Waals surface area contributed by atoms with Crippen molar-refractivity contribution in [2.75, 3.05) is 0 Å². The normalized spacial score (nSPS) is 11.6. The van der Waals surface area contributed by atoms with E-state index in [0.29, 0.717) is 10.4 Å². The fourth-order valence-corrected chi connectivity index (χ4v) is 1.96. The number of alkyl halides is 3. The average molecular weight is 317 g/mol. The maximum absolute atomic E-state index is 12.8. The fraction of sp³-hybridized carbons (Fsp3) is 0.167. The Hall–Kier alpha value is -1.43. The van der Waals surface area contributed by atoms with Gasteiger partial charge in [-0.1, -0.05) is 18.2 Å². The number of hydrogen-bond donors (Lipinski definition) is 0. The second-order valence-corrected chi connectivity index (χ2v) is 4.36. The first-order valence-corrected chi connectivity index (χ1v) is 5.88. The predicted molar refractivity (Wildman–Crippen MR) is 64.0 cm³/mol. The van der Waals surface area contributed by atoms with Crippen LogP contribution >= 0.6 is 15.9 Å². The highest BCUT2D eigenvalue weighted by atomic mass is 79.9. The molecule has 2 aromatic rings. The molecule has 6 heteroatoms. The summed E-state index contributed by atoms with van der Waals surface area (Å²) < 4.78 is 38.7. The summed E-state index contributed by atoms with van der Waals surface area (Å²) in [5.41, 5.74) is 0.115. The van der Waals surface area contributed by atoms with Gasteiger partial charge in [0.2, 0.25) is 0 Å². The van der Waals surface area contributed by atoms with E-state index >= 15 is 0 Å². The number of halogens is 4. The molecule has 0 radical (unpaired) electrons. The topological polar surface area (TPSA) is 25.8 Å². The Balaban J connectivity index is 2.35. The molecule has 0 aliphatic rings. The largest absolute Gasteiger partial charge is 0.416 e. The van der Waals surface area contributed by atoms with Crippen LogP contribution in [-0.4, -0.2) is 9.97 Å². The Labute approximate surface area is 110 Å². The van der Waals surface area contributed by atoms with Crippen LogP contribution in [0.2, 0.25) is 0 Å². The quantitative estimate of drug-likeness (QED) is 0.786. The summed E-state index contributed by atoms with van der Waals surface area (Å²) in [4.78, 5) is 7.87. The monoisotopic (exact) mass is 316 g/mol. The Bertz CT molecular complexity index is 555. The molecule has 0 N–H and O–H groups in total. The third kappa shape index (κ3) is 3.07. The van der Waals surface area contributed by atoms with Crippen LogP contribution in [0.1, 0.15) is 16.8 Å². The molecule has 18 heavy (non-hydrogen) atoms. The van der Waals surface area contributed by atoms with Gasteiger partial charge in [0.05, 0.1) is 5.56 Å². The van der Waals surface area contributed by atoms with Crippen LogP contribution in [0.4, 0.5) is 13.2 Å². The SMILES string of the molecule is FC(F)(F)c1ccccc1Cc1ccnc(Br)n1. The number of hydrogen-bond acceptors (Lipinski definition) is 2. The summed E-state index contributed by atoms with van der Waals surface area (Å²) in [5.74, 6) is 0. The number of rotatable bonds is 2. The Morgan fingerprint density at radius 1 is 1.11 bits per heavy atom. The van der Waals surface area contributed by atoms with Gasteiger partial charge < -0.3 is 0 Å². The molecule has 2 rings (SSSR count). The molecule has 0 atom stereocenters. The number of benzene rings is 1. The highest BCUT2D eigenvalue weighted by Gasteiger charge is 2.32. The molecular weight excluding hydrogens is 309 g/mol. The zero-order valence-electron chi connectivity index (χ0n) is 9.08. The van der Waals surface area contributed by atoms with Crippen molar-refractivity contribution in [3.05, 3.63) is 58.1 Å². The Morgan fingerprint density at radius 3 is 2.50 bits per heavy atom. The molecule has 0 aliphatic carbocycles. The minimum atomic E-state index is -4.35. The molecule has 0 fully saturated rings. The van der Waals surface area contributed by atoms with E-state index in [4.69, 9.17) is 0 Å². The minimum Gasteiger partial charge on any atom is -0.231 e. The van der Waals surface area contributed by atoms with Gasteiger partial charge in [-0.05, 0) is 33.6 Å².